The van der Waals surface area contributed by atoms with E-state index in [1.165, 1.54) is 0 Å². The second-order valence-electron chi connectivity index (χ2n) is 4.73. The van der Waals surface area contributed by atoms with Crippen LogP contribution in [0.25, 0.3) is 22.3 Å². The summed E-state index contributed by atoms with van der Waals surface area (Å²) >= 11 is 0. The zero-order chi connectivity index (χ0) is 14.1. The number of nitrogen functional groups attached to an aromatic ring is 1. The number of rotatable bonds is 2. The maximum Gasteiger partial charge on any atom is 0.162 e. The van der Waals surface area contributed by atoms with Gasteiger partial charge in [0.25, 0.3) is 0 Å². The maximum absolute atomic E-state index is 6.05. The topological polar surface area (TPSA) is 64.7 Å². The molecule has 4 nitrogen and oxygen atoms in total. The van der Waals surface area contributed by atoms with Gasteiger partial charge in [0.05, 0.1) is 5.52 Å². The molecule has 0 spiro atoms. The Balaban J connectivity index is 2.26. The van der Waals surface area contributed by atoms with Crippen LogP contribution in [0.2, 0.25) is 0 Å². The van der Waals surface area contributed by atoms with Crippen molar-refractivity contribution in [1.82, 2.24) is 15.0 Å². The fourth-order valence-electron chi connectivity index (χ4n) is 2.47. The van der Waals surface area contributed by atoms with Crippen LogP contribution in [-0.2, 0) is 6.42 Å². The Morgan fingerprint density at radius 2 is 1.90 bits per heavy atom. The van der Waals surface area contributed by atoms with Crippen molar-refractivity contribution in [2.45, 2.75) is 20.3 Å². The molecule has 4 heteroatoms. The van der Waals surface area contributed by atoms with Crippen LogP contribution >= 0.6 is 0 Å². The first-order valence-electron chi connectivity index (χ1n) is 6.67. The first-order valence-corrected chi connectivity index (χ1v) is 6.67. The minimum Gasteiger partial charge on any atom is -0.383 e. The van der Waals surface area contributed by atoms with Crippen LogP contribution in [0.1, 0.15) is 18.2 Å². The van der Waals surface area contributed by atoms with Gasteiger partial charge >= 0.3 is 0 Å². The third kappa shape index (κ3) is 1.99. The van der Waals surface area contributed by atoms with Crippen molar-refractivity contribution in [3.63, 3.8) is 0 Å². The van der Waals surface area contributed by atoms with E-state index in [9.17, 15) is 0 Å². The Labute approximate surface area is 117 Å². The van der Waals surface area contributed by atoms with E-state index in [1.807, 2.05) is 37.3 Å². The molecule has 0 atom stereocenters. The molecule has 0 radical (unpaired) electrons. The van der Waals surface area contributed by atoms with Gasteiger partial charge in [0.15, 0.2) is 5.82 Å². The zero-order valence-corrected chi connectivity index (χ0v) is 11.6. The van der Waals surface area contributed by atoms with Gasteiger partial charge < -0.3 is 5.73 Å². The molecule has 0 saturated carbocycles. The number of para-hydroxylation sites is 1. The molecule has 2 aromatic heterocycles. The second-order valence-corrected chi connectivity index (χ2v) is 4.73. The lowest BCUT2D eigenvalue weighted by Gasteiger charge is -2.10. The predicted molar refractivity (Wildman–Crippen MR) is 81.3 cm³/mol. The number of hydrogen-bond donors (Lipinski definition) is 1. The molecule has 0 unspecified atom stereocenters. The van der Waals surface area contributed by atoms with Crippen molar-refractivity contribution in [1.29, 1.82) is 0 Å². The number of pyridine rings is 1. The Hall–Kier alpha value is -2.49. The quantitative estimate of drug-likeness (QED) is 0.772. The van der Waals surface area contributed by atoms with E-state index in [2.05, 4.69) is 21.9 Å². The van der Waals surface area contributed by atoms with Crippen LogP contribution < -0.4 is 5.73 Å². The van der Waals surface area contributed by atoms with E-state index in [4.69, 9.17) is 5.73 Å². The number of nitrogens with zero attached hydrogens (tertiary/aromatic N) is 3. The summed E-state index contributed by atoms with van der Waals surface area (Å²) in [4.78, 5) is 13.4. The molecule has 2 N–H and O–H groups in total. The van der Waals surface area contributed by atoms with Crippen LogP contribution in [0.5, 0.6) is 0 Å². The molecule has 20 heavy (non-hydrogen) atoms. The highest BCUT2D eigenvalue weighted by Crippen LogP contribution is 2.26. The van der Waals surface area contributed by atoms with E-state index < -0.39 is 0 Å². The number of benzene rings is 1. The number of nitrogens with two attached hydrogens (primary N) is 1. The third-order valence-electron chi connectivity index (χ3n) is 3.49. The lowest BCUT2D eigenvalue weighted by molar-refractivity contribution is 1.01. The summed E-state index contributed by atoms with van der Waals surface area (Å²) in [5, 5.41) is 1.04. The first kappa shape index (κ1) is 12.5. The summed E-state index contributed by atoms with van der Waals surface area (Å²) in [7, 11) is 0. The average Bonchev–Trinajstić information content (AvgIpc) is 2.46. The molecule has 0 aliphatic rings. The number of aromatic nitrogens is 3. The smallest absolute Gasteiger partial charge is 0.162 e. The average molecular weight is 264 g/mol. The van der Waals surface area contributed by atoms with E-state index in [0.717, 1.165) is 34.1 Å². The van der Waals surface area contributed by atoms with Gasteiger partial charge in [-0.3, -0.25) is 4.98 Å². The van der Waals surface area contributed by atoms with Gasteiger partial charge in [-0.15, -0.1) is 0 Å². The molecule has 3 rings (SSSR count). The van der Waals surface area contributed by atoms with Gasteiger partial charge in [-0.1, -0.05) is 25.1 Å². The Morgan fingerprint density at radius 3 is 2.65 bits per heavy atom. The Kier molecular flexibility index (Phi) is 3.06. The van der Waals surface area contributed by atoms with Crippen LogP contribution in [0.15, 0.2) is 36.5 Å². The molecular weight excluding hydrogens is 248 g/mol. The van der Waals surface area contributed by atoms with Crippen LogP contribution in [0.3, 0.4) is 0 Å². The summed E-state index contributed by atoms with van der Waals surface area (Å²) in [5.74, 6) is 1.23. The minimum absolute atomic E-state index is 0.566. The SMILES string of the molecule is CCc1c(C)nc(-c2ccnc3ccccc23)nc1N. The lowest BCUT2D eigenvalue weighted by Crippen LogP contribution is -2.04. The first-order chi connectivity index (χ1) is 9.70. The van der Waals surface area contributed by atoms with Crippen molar-refractivity contribution in [2.75, 3.05) is 5.73 Å². The highest BCUT2D eigenvalue weighted by molar-refractivity contribution is 5.92. The summed E-state index contributed by atoms with van der Waals surface area (Å²) in [6.07, 6.45) is 2.62. The highest BCUT2D eigenvalue weighted by atomic mass is 15.0. The van der Waals surface area contributed by atoms with Gasteiger partial charge in [0, 0.05) is 28.4 Å². The largest absolute Gasteiger partial charge is 0.383 e. The molecule has 0 aliphatic carbocycles. The summed E-state index contributed by atoms with van der Waals surface area (Å²) in [6.45, 7) is 4.04. The highest BCUT2D eigenvalue weighted by Gasteiger charge is 2.11. The van der Waals surface area contributed by atoms with E-state index in [-0.39, 0.29) is 0 Å². The monoisotopic (exact) mass is 264 g/mol. The van der Waals surface area contributed by atoms with Crippen molar-refractivity contribution in [2.24, 2.45) is 0 Å². The van der Waals surface area contributed by atoms with Gasteiger partial charge in [0.1, 0.15) is 5.82 Å². The molecule has 1 aromatic carbocycles. The Morgan fingerprint density at radius 1 is 1.10 bits per heavy atom. The van der Waals surface area contributed by atoms with Gasteiger partial charge in [0.2, 0.25) is 0 Å². The molecule has 0 fully saturated rings. The van der Waals surface area contributed by atoms with Crippen LogP contribution in [-0.4, -0.2) is 15.0 Å². The predicted octanol–water partition coefficient (Wildman–Crippen LogP) is 3.14. The fourth-order valence-corrected chi connectivity index (χ4v) is 2.47. The zero-order valence-electron chi connectivity index (χ0n) is 11.6. The molecule has 100 valence electrons. The van der Waals surface area contributed by atoms with Crippen LogP contribution in [0.4, 0.5) is 5.82 Å². The summed E-state index contributed by atoms with van der Waals surface area (Å²) in [5.41, 5.74) is 9.91. The van der Waals surface area contributed by atoms with E-state index in [0.29, 0.717) is 11.6 Å². The molecule has 0 bridgehead atoms. The van der Waals surface area contributed by atoms with Crippen molar-refractivity contribution >= 4 is 16.7 Å². The van der Waals surface area contributed by atoms with Crippen molar-refractivity contribution < 1.29 is 0 Å². The van der Waals surface area contributed by atoms with Crippen molar-refractivity contribution in [3.8, 4) is 11.4 Å². The lowest BCUT2D eigenvalue weighted by atomic mass is 10.1. The second kappa shape index (κ2) is 4.89. The van der Waals surface area contributed by atoms with Crippen LogP contribution in [0, 0.1) is 6.92 Å². The summed E-state index contributed by atoms with van der Waals surface area (Å²) < 4.78 is 0. The normalized spacial score (nSPS) is 10.9. The molecular formula is C16H16N4. The molecule has 2 heterocycles. The molecule has 0 saturated heterocycles. The molecule has 3 aromatic rings. The third-order valence-corrected chi connectivity index (χ3v) is 3.49. The van der Waals surface area contributed by atoms with E-state index in [1.54, 1.807) is 6.20 Å². The number of aryl methyl sites for hydroxylation is 1. The number of fused-ring (bicyclic) bond motifs is 1. The minimum atomic E-state index is 0.566. The van der Waals surface area contributed by atoms with Gasteiger partial charge in [-0.25, -0.2) is 9.97 Å². The van der Waals surface area contributed by atoms with Gasteiger partial charge in [-0.2, -0.15) is 0 Å². The molecule has 0 amide bonds. The fraction of sp³-hybridized carbons (Fsp3) is 0.188. The summed E-state index contributed by atoms with van der Waals surface area (Å²) in [6, 6.07) is 9.90. The number of anilines is 1. The Bertz CT molecular complexity index is 752. The number of hydrogen-bond acceptors (Lipinski definition) is 4. The van der Waals surface area contributed by atoms with E-state index >= 15 is 0 Å². The van der Waals surface area contributed by atoms with Gasteiger partial charge in [-0.05, 0) is 25.5 Å². The van der Waals surface area contributed by atoms with Crippen molar-refractivity contribution in [3.05, 3.63) is 47.8 Å². The maximum atomic E-state index is 6.05. The standard InChI is InChI=1S/C16H16N4/c1-3-11-10(2)19-16(20-15(11)17)13-8-9-18-14-7-5-4-6-12(13)14/h4-9H,3H2,1-2H3,(H2,17,19,20). The molecule has 0 aliphatic heterocycles.